The molecule has 1 saturated heterocycles. The van der Waals surface area contributed by atoms with E-state index in [2.05, 4.69) is 52.7 Å². The summed E-state index contributed by atoms with van der Waals surface area (Å²) in [6.45, 7) is 4.59. The van der Waals surface area contributed by atoms with Gasteiger partial charge in [-0.05, 0) is 66.9 Å². The van der Waals surface area contributed by atoms with Gasteiger partial charge in [0, 0.05) is 24.2 Å². The average molecular weight is 524 g/mol. The van der Waals surface area contributed by atoms with Crippen molar-refractivity contribution in [3.05, 3.63) is 94.5 Å². The first-order valence-corrected chi connectivity index (χ1v) is 11.6. The van der Waals surface area contributed by atoms with Crippen molar-refractivity contribution in [2.45, 2.75) is 38.6 Å². The third-order valence-electron chi connectivity index (χ3n) is 5.94. The van der Waals surface area contributed by atoms with E-state index in [-0.39, 0.29) is 24.8 Å². The zero-order valence-corrected chi connectivity index (χ0v) is 21.8. The number of halogens is 3. The first kappa shape index (κ1) is 28.3. The van der Waals surface area contributed by atoms with Gasteiger partial charge in [0.1, 0.15) is 6.61 Å². The zero-order chi connectivity index (χ0) is 22.2. The fourth-order valence-corrected chi connectivity index (χ4v) is 4.34. The molecule has 1 aliphatic heterocycles. The highest BCUT2D eigenvalue weighted by molar-refractivity contribution is 6.30. The normalized spacial score (nSPS) is 14.1. The Morgan fingerprint density at radius 2 is 1.59 bits per heavy atom. The number of likely N-dealkylation sites (tertiary alicyclic amines) is 1. The minimum absolute atomic E-state index is 0. The predicted molar refractivity (Wildman–Crippen MR) is 145 cm³/mol. The molecule has 0 atom stereocenters. The van der Waals surface area contributed by atoms with Gasteiger partial charge in [0.2, 0.25) is 0 Å². The second-order valence-electron chi connectivity index (χ2n) is 8.32. The van der Waals surface area contributed by atoms with Crippen LogP contribution >= 0.6 is 36.4 Å². The Morgan fingerprint density at radius 1 is 0.853 bits per heavy atom. The van der Waals surface area contributed by atoms with E-state index in [1.165, 1.54) is 24.0 Å². The fourth-order valence-electron chi connectivity index (χ4n) is 4.13. The Morgan fingerprint density at radius 3 is 2.29 bits per heavy atom. The van der Waals surface area contributed by atoms with Crippen LogP contribution in [0.1, 0.15) is 29.5 Å². The van der Waals surface area contributed by atoms with Gasteiger partial charge in [-0.1, -0.05) is 60.1 Å². The van der Waals surface area contributed by atoms with E-state index < -0.39 is 0 Å². The molecule has 4 nitrogen and oxygen atoms in total. The number of nitrogens with one attached hydrogen (secondary N) is 1. The van der Waals surface area contributed by atoms with Gasteiger partial charge in [-0.3, -0.25) is 4.90 Å². The highest BCUT2D eigenvalue weighted by Gasteiger charge is 2.19. The summed E-state index contributed by atoms with van der Waals surface area (Å²) in [5.41, 5.74) is 3.62. The van der Waals surface area contributed by atoms with Gasteiger partial charge in [0.15, 0.2) is 11.5 Å². The summed E-state index contributed by atoms with van der Waals surface area (Å²) in [6, 6.07) is 25.1. The average Bonchev–Trinajstić information content (AvgIpc) is 2.83. The number of nitrogens with zero attached hydrogens (tertiary/aromatic N) is 1. The molecule has 3 aromatic rings. The van der Waals surface area contributed by atoms with Crippen molar-refractivity contribution in [3.8, 4) is 11.5 Å². The van der Waals surface area contributed by atoms with Gasteiger partial charge in [0.05, 0.1) is 7.11 Å². The molecule has 0 aliphatic carbocycles. The lowest BCUT2D eigenvalue weighted by Gasteiger charge is -2.32. The van der Waals surface area contributed by atoms with Crippen LogP contribution in [0.3, 0.4) is 0 Å². The number of hydrogen-bond donors (Lipinski definition) is 1. The van der Waals surface area contributed by atoms with E-state index in [1.54, 1.807) is 7.11 Å². The number of rotatable bonds is 9. The molecule has 0 radical (unpaired) electrons. The maximum absolute atomic E-state index is 6.06. The molecule has 0 bridgehead atoms. The van der Waals surface area contributed by atoms with Crippen molar-refractivity contribution >= 4 is 36.4 Å². The fraction of sp³-hybridized carbons (Fsp3) is 0.333. The minimum atomic E-state index is 0. The largest absolute Gasteiger partial charge is 0.493 e. The smallest absolute Gasteiger partial charge is 0.161 e. The van der Waals surface area contributed by atoms with Crippen LogP contribution in [0.5, 0.6) is 11.5 Å². The van der Waals surface area contributed by atoms with E-state index in [0.717, 1.165) is 43.2 Å². The Labute approximate surface area is 220 Å². The quantitative estimate of drug-likeness (QED) is 0.346. The third-order valence-corrected chi connectivity index (χ3v) is 6.18. The van der Waals surface area contributed by atoms with Crippen molar-refractivity contribution < 1.29 is 9.47 Å². The molecule has 0 aromatic heterocycles. The molecular formula is C27H33Cl3N2O2. The van der Waals surface area contributed by atoms with Crippen LogP contribution in [-0.4, -0.2) is 31.1 Å². The third kappa shape index (κ3) is 8.37. The number of methoxy groups -OCH3 is 1. The minimum Gasteiger partial charge on any atom is -0.493 e. The molecular weight excluding hydrogens is 491 g/mol. The van der Waals surface area contributed by atoms with Crippen LogP contribution in [0, 0.1) is 0 Å². The van der Waals surface area contributed by atoms with Crippen molar-refractivity contribution in [2.75, 3.05) is 20.2 Å². The Balaban J connectivity index is 0.00000204. The molecule has 34 heavy (non-hydrogen) atoms. The monoisotopic (exact) mass is 522 g/mol. The van der Waals surface area contributed by atoms with Gasteiger partial charge in [-0.2, -0.15) is 0 Å². The van der Waals surface area contributed by atoms with Crippen molar-refractivity contribution in [1.29, 1.82) is 0 Å². The first-order chi connectivity index (χ1) is 15.7. The SMILES string of the molecule is COc1cc(CNC2CCN(Cc3ccccc3)CC2)ccc1OCc1cccc(Cl)c1.Cl.Cl. The second kappa shape index (κ2) is 14.4. The molecule has 1 N–H and O–H groups in total. The molecule has 7 heteroatoms. The van der Waals surface area contributed by atoms with E-state index in [1.807, 2.05) is 30.3 Å². The number of benzene rings is 3. The van der Waals surface area contributed by atoms with E-state index in [4.69, 9.17) is 21.1 Å². The molecule has 3 aromatic carbocycles. The Kier molecular flexibility index (Phi) is 12.0. The predicted octanol–water partition coefficient (Wildman–Crippen LogP) is 6.53. The van der Waals surface area contributed by atoms with Crippen LogP contribution in [-0.2, 0) is 19.7 Å². The summed E-state index contributed by atoms with van der Waals surface area (Å²) in [7, 11) is 1.68. The van der Waals surface area contributed by atoms with Gasteiger partial charge in [0.25, 0.3) is 0 Å². The van der Waals surface area contributed by atoms with Gasteiger partial charge in [-0.15, -0.1) is 24.8 Å². The lowest BCUT2D eigenvalue weighted by atomic mass is 10.0. The molecule has 1 aliphatic rings. The Hall–Kier alpha value is -1.95. The van der Waals surface area contributed by atoms with Crippen molar-refractivity contribution in [2.24, 2.45) is 0 Å². The molecule has 0 saturated carbocycles. The Bertz CT molecular complexity index is 996. The standard InChI is InChI=1S/C27H31ClN2O2.2ClH/c1-31-27-17-22(10-11-26(27)32-20-23-8-5-9-24(28)16-23)18-29-25-12-14-30(15-13-25)19-21-6-3-2-4-7-21;;/h2-11,16-17,25,29H,12-15,18-20H2,1H3;2*1H. The number of ether oxygens (including phenoxy) is 2. The maximum Gasteiger partial charge on any atom is 0.161 e. The lowest BCUT2D eigenvalue weighted by molar-refractivity contribution is 0.190. The first-order valence-electron chi connectivity index (χ1n) is 11.2. The maximum atomic E-state index is 6.06. The number of hydrogen-bond acceptors (Lipinski definition) is 4. The van der Waals surface area contributed by atoms with E-state index in [0.29, 0.717) is 17.7 Å². The molecule has 184 valence electrons. The van der Waals surface area contributed by atoms with Gasteiger partial charge >= 0.3 is 0 Å². The molecule has 0 amide bonds. The molecule has 0 unspecified atom stereocenters. The summed E-state index contributed by atoms with van der Waals surface area (Å²) in [6.07, 6.45) is 2.34. The summed E-state index contributed by atoms with van der Waals surface area (Å²) in [5.74, 6) is 1.49. The van der Waals surface area contributed by atoms with Gasteiger partial charge < -0.3 is 14.8 Å². The second-order valence-corrected chi connectivity index (χ2v) is 8.76. The highest BCUT2D eigenvalue weighted by atomic mass is 35.5. The van der Waals surface area contributed by atoms with Gasteiger partial charge in [-0.25, -0.2) is 0 Å². The van der Waals surface area contributed by atoms with Crippen molar-refractivity contribution in [3.63, 3.8) is 0 Å². The summed E-state index contributed by atoms with van der Waals surface area (Å²) in [5, 5.41) is 4.43. The van der Waals surface area contributed by atoms with Crippen LogP contribution < -0.4 is 14.8 Å². The molecule has 0 spiro atoms. The van der Waals surface area contributed by atoms with Crippen LogP contribution in [0.25, 0.3) is 0 Å². The van der Waals surface area contributed by atoms with E-state index >= 15 is 0 Å². The summed E-state index contributed by atoms with van der Waals surface area (Å²) < 4.78 is 11.5. The summed E-state index contributed by atoms with van der Waals surface area (Å²) in [4.78, 5) is 2.54. The molecule has 4 rings (SSSR count). The van der Waals surface area contributed by atoms with Crippen LogP contribution in [0.2, 0.25) is 5.02 Å². The molecule has 1 fully saturated rings. The zero-order valence-electron chi connectivity index (χ0n) is 19.4. The topological polar surface area (TPSA) is 33.7 Å². The number of piperidine rings is 1. The van der Waals surface area contributed by atoms with Crippen LogP contribution in [0.4, 0.5) is 0 Å². The van der Waals surface area contributed by atoms with E-state index in [9.17, 15) is 0 Å². The lowest BCUT2D eigenvalue weighted by Crippen LogP contribution is -2.41. The summed E-state index contributed by atoms with van der Waals surface area (Å²) >= 11 is 6.06. The van der Waals surface area contributed by atoms with Crippen molar-refractivity contribution in [1.82, 2.24) is 10.2 Å². The van der Waals surface area contributed by atoms with Crippen LogP contribution in [0.15, 0.2) is 72.8 Å². The highest BCUT2D eigenvalue weighted by Crippen LogP contribution is 2.29. The molecule has 1 heterocycles.